The molecule has 2 nitrogen and oxygen atoms in total. The Balaban J connectivity index is 2.37. The van der Waals surface area contributed by atoms with E-state index in [1.807, 2.05) is 6.07 Å². The van der Waals surface area contributed by atoms with Crippen LogP contribution in [0.2, 0.25) is 0 Å². The van der Waals surface area contributed by atoms with E-state index in [4.69, 9.17) is 10.5 Å². The minimum absolute atomic E-state index is 0.112. The van der Waals surface area contributed by atoms with Gasteiger partial charge < -0.3 is 10.5 Å². The number of benzene rings is 2. The van der Waals surface area contributed by atoms with Gasteiger partial charge in [0.05, 0.1) is 7.11 Å². The molecule has 20 heavy (non-hydrogen) atoms. The second-order valence-electron chi connectivity index (χ2n) is 4.93. The van der Waals surface area contributed by atoms with Gasteiger partial charge in [0.25, 0.3) is 0 Å². The standard InChI is InChI=1S/C17H20FNO/c1-12-3-5-13(6-4-12)15(9-10-19)14-7-8-17(20-2)16(18)11-14/h3-8,11,15H,9-10,19H2,1-2H3. The molecule has 0 radical (unpaired) electrons. The number of hydrogen-bond acceptors (Lipinski definition) is 2. The first kappa shape index (κ1) is 14.5. The number of halogens is 1. The molecule has 0 aliphatic heterocycles. The molecule has 0 spiro atoms. The topological polar surface area (TPSA) is 35.2 Å². The summed E-state index contributed by atoms with van der Waals surface area (Å²) in [6.07, 6.45) is 0.787. The maximum Gasteiger partial charge on any atom is 0.165 e. The van der Waals surface area contributed by atoms with Gasteiger partial charge in [0.1, 0.15) is 0 Å². The van der Waals surface area contributed by atoms with E-state index in [-0.39, 0.29) is 17.5 Å². The van der Waals surface area contributed by atoms with Crippen LogP contribution in [-0.2, 0) is 0 Å². The van der Waals surface area contributed by atoms with Crippen molar-refractivity contribution in [2.24, 2.45) is 5.73 Å². The van der Waals surface area contributed by atoms with E-state index in [1.165, 1.54) is 12.7 Å². The highest BCUT2D eigenvalue weighted by atomic mass is 19.1. The zero-order valence-electron chi connectivity index (χ0n) is 11.9. The Bertz CT molecular complexity index is 566. The first-order valence-corrected chi connectivity index (χ1v) is 6.75. The SMILES string of the molecule is COc1ccc(C(CCN)c2ccc(C)cc2)cc1F. The molecule has 106 valence electrons. The van der Waals surface area contributed by atoms with Gasteiger partial charge in [-0.2, -0.15) is 0 Å². The van der Waals surface area contributed by atoms with E-state index in [9.17, 15) is 4.39 Å². The third-order valence-electron chi connectivity index (χ3n) is 3.51. The number of nitrogens with two attached hydrogens (primary N) is 1. The van der Waals surface area contributed by atoms with Crippen LogP contribution in [0.25, 0.3) is 0 Å². The number of rotatable bonds is 5. The van der Waals surface area contributed by atoms with Crippen LogP contribution in [0.3, 0.4) is 0 Å². The highest BCUT2D eigenvalue weighted by molar-refractivity contribution is 5.37. The van der Waals surface area contributed by atoms with E-state index >= 15 is 0 Å². The normalized spacial score (nSPS) is 12.2. The molecular formula is C17H20FNO. The van der Waals surface area contributed by atoms with Crippen molar-refractivity contribution >= 4 is 0 Å². The third-order valence-corrected chi connectivity index (χ3v) is 3.51. The molecule has 0 bridgehead atoms. The summed E-state index contributed by atoms with van der Waals surface area (Å²) in [5.41, 5.74) is 9.01. The Morgan fingerprint density at radius 2 is 1.75 bits per heavy atom. The molecule has 0 saturated carbocycles. The van der Waals surface area contributed by atoms with E-state index in [0.717, 1.165) is 17.5 Å². The van der Waals surface area contributed by atoms with Gasteiger partial charge in [0.15, 0.2) is 11.6 Å². The lowest BCUT2D eigenvalue weighted by molar-refractivity contribution is 0.386. The average Bonchev–Trinajstić information content (AvgIpc) is 2.46. The summed E-state index contributed by atoms with van der Waals surface area (Å²) in [6, 6.07) is 13.4. The van der Waals surface area contributed by atoms with Crippen LogP contribution in [-0.4, -0.2) is 13.7 Å². The lowest BCUT2D eigenvalue weighted by Crippen LogP contribution is -2.09. The Morgan fingerprint density at radius 1 is 1.10 bits per heavy atom. The molecule has 0 aromatic heterocycles. The minimum atomic E-state index is -0.334. The predicted octanol–water partition coefficient (Wildman–Crippen LogP) is 3.62. The van der Waals surface area contributed by atoms with Crippen molar-refractivity contribution in [2.45, 2.75) is 19.3 Å². The molecule has 0 amide bonds. The fourth-order valence-electron chi connectivity index (χ4n) is 2.39. The third kappa shape index (κ3) is 3.17. The monoisotopic (exact) mass is 273 g/mol. The minimum Gasteiger partial charge on any atom is -0.494 e. The zero-order chi connectivity index (χ0) is 14.5. The van der Waals surface area contributed by atoms with Gasteiger partial charge in [0, 0.05) is 5.92 Å². The van der Waals surface area contributed by atoms with E-state index in [0.29, 0.717) is 6.54 Å². The highest BCUT2D eigenvalue weighted by Crippen LogP contribution is 2.30. The summed E-state index contributed by atoms with van der Waals surface area (Å²) >= 11 is 0. The largest absolute Gasteiger partial charge is 0.494 e. The molecule has 2 N–H and O–H groups in total. The first-order chi connectivity index (χ1) is 9.65. The Hall–Kier alpha value is -1.87. The molecule has 0 saturated heterocycles. The van der Waals surface area contributed by atoms with Gasteiger partial charge in [-0.3, -0.25) is 0 Å². The van der Waals surface area contributed by atoms with Crippen molar-refractivity contribution < 1.29 is 9.13 Å². The van der Waals surface area contributed by atoms with Crippen molar-refractivity contribution in [1.82, 2.24) is 0 Å². The van der Waals surface area contributed by atoms with Crippen molar-refractivity contribution in [2.75, 3.05) is 13.7 Å². The summed E-state index contributed by atoms with van der Waals surface area (Å²) < 4.78 is 18.8. The van der Waals surface area contributed by atoms with E-state index in [2.05, 4.69) is 31.2 Å². The summed E-state index contributed by atoms with van der Waals surface area (Å²) in [5, 5.41) is 0. The fraction of sp³-hybridized carbons (Fsp3) is 0.294. The van der Waals surface area contributed by atoms with Crippen molar-refractivity contribution in [3.63, 3.8) is 0 Å². The van der Waals surface area contributed by atoms with Crippen LogP contribution in [0.4, 0.5) is 4.39 Å². The van der Waals surface area contributed by atoms with Gasteiger partial charge in [0.2, 0.25) is 0 Å². The molecule has 0 aliphatic rings. The van der Waals surface area contributed by atoms with Crippen LogP contribution in [0.5, 0.6) is 5.75 Å². The lowest BCUT2D eigenvalue weighted by Gasteiger charge is -2.18. The molecule has 2 aromatic carbocycles. The van der Waals surface area contributed by atoms with Crippen LogP contribution < -0.4 is 10.5 Å². The lowest BCUT2D eigenvalue weighted by atomic mass is 9.88. The van der Waals surface area contributed by atoms with Gasteiger partial charge in [-0.15, -0.1) is 0 Å². The van der Waals surface area contributed by atoms with E-state index < -0.39 is 0 Å². The summed E-state index contributed by atoms with van der Waals surface area (Å²) in [7, 11) is 1.47. The summed E-state index contributed by atoms with van der Waals surface area (Å²) in [5.74, 6) is 0.0456. The van der Waals surface area contributed by atoms with Crippen LogP contribution >= 0.6 is 0 Å². The number of aryl methyl sites for hydroxylation is 1. The maximum absolute atomic E-state index is 13.9. The summed E-state index contributed by atoms with van der Waals surface area (Å²) in [4.78, 5) is 0. The zero-order valence-corrected chi connectivity index (χ0v) is 11.9. The predicted molar refractivity (Wildman–Crippen MR) is 79.6 cm³/mol. The molecule has 3 heteroatoms. The number of ether oxygens (including phenoxy) is 1. The van der Waals surface area contributed by atoms with Crippen molar-refractivity contribution in [3.05, 3.63) is 65.0 Å². The molecule has 2 rings (SSSR count). The Labute approximate surface area is 119 Å². The second-order valence-corrected chi connectivity index (χ2v) is 4.93. The van der Waals surface area contributed by atoms with Gasteiger partial charge >= 0.3 is 0 Å². The van der Waals surface area contributed by atoms with Crippen LogP contribution in [0, 0.1) is 12.7 Å². The van der Waals surface area contributed by atoms with Crippen LogP contribution in [0.1, 0.15) is 29.0 Å². The van der Waals surface area contributed by atoms with Crippen LogP contribution in [0.15, 0.2) is 42.5 Å². The molecule has 0 fully saturated rings. The Morgan fingerprint density at radius 3 is 2.30 bits per heavy atom. The van der Waals surface area contributed by atoms with Gasteiger partial charge in [-0.05, 0) is 43.1 Å². The number of methoxy groups -OCH3 is 1. The Kier molecular flexibility index (Phi) is 4.74. The molecule has 0 heterocycles. The summed E-state index contributed by atoms with van der Waals surface area (Å²) in [6.45, 7) is 2.61. The average molecular weight is 273 g/mol. The highest BCUT2D eigenvalue weighted by Gasteiger charge is 2.15. The van der Waals surface area contributed by atoms with Gasteiger partial charge in [-0.1, -0.05) is 35.9 Å². The molecular weight excluding hydrogens is 253 g/mol. The number of hydrogen-bond donors (Lipinski definition) is 1. The molecule has 1 atom stereocenters. The molecule has 2 aromatic rings. The van der Waals surface area contributed by atoms with Crippen molar-refractivity contribution in [1.29, 1.82) is 0 Å². The van der Waals surface area contributed by atoms with Gasteiger partial charge in [-0.25, -0.2) is 4.39 Å². The van der Waals surface area contributed by atoms with Crippen molar-refractivity contribution in [3.8, 4) is 5.75 Å². The maximum atomic E-state index is 13.9. The second kappa shape index (κ2) is 6.53. The van der Waals surface area contributed by atoms with E-state index in [1.54, 1.807) is 12.1 Å². The molecule has 1 unspecified atom stereocenters. The first-order valence-electron chi connectivity index (χ1n) is 6.75. The fourth-order valence-corrected chi connectivity index (χ4v) is 2.39. The smallest absolute Gasteiger partial charge is 0.165 e. The molecule has 0 aliphatic carbocycles. The quantitative estimate of drug-likeness (QED) is 0.903.